The highest BCUT2D eigenvalue weighted by atomic mass is 16.3. The Balaban J connectivity index is 3.57. The Morgan fingerprint density at radius 1 is 1.25 bits per heavy atom. The molecule has 4 heteroatoms. The molecule has 0 fully saturated rings. The van der Waals surface area contributed by atoms with E-state index >= 15 is 0 Å². The summed E-state index contributed by atoms with van der Waals surface area (Å²) in [5.41, 5.74) is 0. The van der Waals surface area contributed by atoms with Crippen LogP contribution >= 0.6 is 0 Å². The monoisotopic (exact) mass is 232 g/mol. The molecule has 0 aromatic carbocycles. The van der Waals surface area contributed by atoms with Crippen LogP contribution in [-0.4, -0.2) is 81.5 Å². The lowest BCUT2D eigenvalue weighted by Gasteiger charge is -2.31. The van der Waals surface area contributed by atoms with Crippen LogP contribution in [0.25, 0.3) is 0 Å². The average molecular weight is 232 g/mol. The van der Waals surface area contributed by atoms with Crippen LogP contribution < -0.4 is 5.32 Å². The molecule has 0 bridgehead atoms. The molecule has 2 N–H and O–H groups in total. The zero-order valence-electron chi connectivity index (χ0n) is 11.7. The molecule has 0 radical (unpaired) electrons. The number of hydrogen-bond acceptors (Lipinski definition) is 3. The molecule has 0 spiro atoms. The van der Waals surface area contributed by atoms with Crippen molar-refractivity contribution in [3.8, 4) is 0 Å². The number of rotatable bonds is 9. The van der Waals surface area contributed by atoms with Crippen LogP contribution in [-0.2, 0) is 0 Å². The number of aliphatic hydroxyl groups excluding tert-OH is 1. The highest BCUT2D eigenvalue weighted by Gasteiger charge is 2.14. The minimum atomic E-state index is -0.197. The van der Waals surface area contributed by atoms with Crippen molar-refractivity contribution in [2.75, 3.05) is 60.9 Å². The number of nitrogens with one attached hydrogen (secondary N) is 1. The van der Waals surface area contributed by atoms with Gasteiger partial charge in [0.15, 0.2) is 0 Å². The minimum Gasteiger partial charge on any atom is -0.392 e. The normalized spacial score (nSPS) is 14.4. The zero-order valence-corrected chi connectivity index (χ0v) is 11.7. The fourth-order valence-corrected chi connectivity index (χ4v) is 1.38. The molecular weight excluding hydrogens is 202 g/mol. The van der Waals surface area contributed by atoms with E-state index in [1.807, 2.05) is 6.92 Å². The Morgan fingerprint density at radius 2 is 1.88 bits per heavy atom. The summed E-state index contributed by atoms with van der Waals surface area (Å²) < 4.78 is 1.02. The average Bonchev–Trinajstić information content (AvgIpc) is 2.21. The highest BCUT2D eigenvalue weighted by molar-refractivity contribution is 4.56. The van der Waals surface area contributed by atoms with Crippen LogP contribution in [0.4, 0.5) is 0 Å². The third-order valence-electron chi connectivity index (χ3n) is 2.90. The maximum Gasteiger partial charge on any atom is 0.0911 e. The number of quaternary nitrogens is 1. The Bertz CT molecular complexity index is 172. The third kappa shape index (κ3) is 9.09. The van der Waals surface area contributed by atoms with Crippen LogP contribution in [0.1, 0.15) is 13.3 Å². The van der Waals surface area contributed by atoms with Gasteiger partial charge in [-0.05, 0) is 20.5 Å². The first-order valence-corrected chi connectivity index (χ1v) is 6.23. The molecule has 0 aromatic rings. The first kappa shape index (κ1) is 15.8. The molecule has 0 aliphatic carbocycles. The molecule has 98 valence electrons. The van der Waals surface area contributed by atoms with Crippen molar-refractivity contribution in [3.63, 3.8) is 0 Å². The van der Waals surface area contributed by atoms with Gasteiger partial charge >= 0.3 is 0 Å². The van der Waals surface area contributed by atoms with Gasteiger partial charge in [0.2, 0.25) is 0 Å². The van der Waals surface area contributed by atoms with Gasteiger partial charge in [-0.15, -0.1) is 0 Å². The van der Waals surface area contributed by atoms with Crippen LogP contribution in [0.5, 0.6) is 0 Å². The molecule has 4 nitrogen and oxygen atoms in total. The van der Waals surface area contributed by atoms with E-state index in [4.69, 9.17) is 0 Å². The molecular formula is C12H30N3O+. The van der Waals surface area contributed by atoms with Gasteiger partial charge in [0, 0.05) is 19.6 Å². The summed E-state index contributed by atoms with van der Waals surface area (Å²) >= 11 is 0. The topological polar surface area (TPSA) is 35.5 Å². The quantitative estimate of drug-likeness (QED) is 0.433. The van der Waals surface area contributed by atoms with Gasteiger partial charge in [0.25, 0.3) is 0 Å². The lowest BCUT2D eigenvalue weighted by Crippen LogP contribution is -2.48. The van der Waals surface area contributed by atoms with Crippen molar-refractivity contribution in [1.29, 1.82) is 0 Å². The largest absolute Gasteiger partial charge is 0.392 e. The Kier molecular flexibility index (Phi) is 7.93. The molecule has 0 amide bonds. The first-order valence-electron chi connectivity index (χ1n) is 6.23. The lowest BCUT2D eigenvalue weighted by atomic mass is 10.3. The second-order valence-electron chi connectivity index (χ2n) is 5.45. The summed E-state index contributed by atoms with van der Waals surface area (Å²) in [4.78, 5) is 2.22. The van der Waals surface area contributed by atoms with Crippen molar-refractivity contribution in [2.45, 2.75) is 19.4 Å². The molecule has 0 saturated carbocycles. The van der Waals surface area contributed by atoms with Gasteiger partial charge in [0.1, 0.15) is 0 Å². The molecule has 0 aliphatic heterocycles. The van der Waals surface area contributed by atoms with Crippen LogP contribution in [0, 0.1) is 0 Å². The summed E-state index contributed by atoms with van der Waals surface area (Å²) in [5.74, 6) is 0. The predicted molar refractivity (Wildman–Crippen MR) is 69.6 cm³/mol. The molecule has 16 heavy (non-hydrogen) atoms. The molecule has 1 unspecified atom stereocenters. The maximum absolute atomic E-state index is 9.39. The fourth-order valence-electron chi connectivity index (χ4n) is 1.38. The summed E-state index contributed by atoms with van der Waals surface area (Å²) in [7, 11) is 8.72. The van der Waals surface area contributed by atoms with E-state index in [1.54, 1.807) is 0 Å². The summed E-state index contributed by atoms with van der Waals surface area (Å²) in [6.45, 7) is 7.06. The van der Waals surface area contributed by atoms with Crippen molar-refractivity contribution in [1.82, 2.24) is 10.2 Å². The highest BCUT2D eigenvalue weighted by Crippen LogP contribution is 1.96. The van der Waals surface area contributed by atoms with E-state index < -0.39 is 0 Å². The smallest absolute Gasteiger partial charge is 0.0911 e. The van der Waals surface area contributed by atoms with E-state index in [-0.39, 0.29) is 6.10 Å². The van der Waals surface area contributed by atoms with Crippen molar-refractivity contribution >= 4 is 0 Å². The summed E-state index contributed by atoms with van der Waals surface area (Å²) in [6, 6.07) is 0. The van der Waals surface area contributed by atoms with Crippen molar-refractivity contribution < 1.29 is 9.59 Å². The van der Waals surface area contributed by atoms with E-state index in [2.05, 4.69) is 38.4 Å². The number of aliphatic hydroxyl groups is 1. The Hall–Kier alpha value is -0.160. The van der Waals surface area contributed by atoms with Gasteiger partial charge < -0.3 is 19.8 Å². The van der Waals surface area contributed by atoms with Crippen LogP contribution in [0.3, 0.4) is 0 Å². The summed E-state index contributed by atoms with van der Waals surface area (Å²) in [6.07, 6.45) is 0.628. The van der Waals surface area contributed by atoms with Gasteiger partial charge in [-0.2, -0.15) is 0 Å². The van der Waals surface area contributed by atoms with Crippen LogP contribution in [0.2, 0.25) is 0 Å². The zero-order chi connectivity index (χ0) is 12.6. The second-order valence-corrected chi connectivity index (χ2v) is 5.45. The van der Waals surface area contributed by atoms with Crippen molar-refractivity contribution in [3.05, 3.63) is 0 Å². The molecule has 0 heterocycles. The Morgan fingerprint density at radius 3 is 2.38 bits per heavy atom. The standard InChI is InChI=1S/C12H30N3O/c1-6-12(16)11-13-7-9-15(4,5)10-8-14(2)3/h12-13,16H,6-11H2,1-5H3/q+1. The SMILES string of the molecule is CCC(O)CNCC[N+](C)(C)CCN(C)C. The predicted octanol–water partition coefficient (Wildman–Crippen LogP) is -0.0151. The number of nitrogens with zero attached hydrogens (tertiary/aromatic N) is 2. The first-order chi connectivity index (χ1) is 7.37. The molecule has 0 saturated heterocycles. The van der Waals surface area contributed by atoms with Gasteiger partial charge in [-0.1, -0.05) is 6.92 Å². The maximum atomic E-state index is 9.39. The van der Waals surface area contributed by atoms with E-state index in [9.17, 15) is 5.11 Å². The lowest BCUT2D eigenvalue weighted by molar-refractivity contribution is -0.888. The van der Waals surface area contributed by atoms with Crippen LogP contribution in [0.15, 0.2) is 0 Å². The second kappa shape index (κ2) is 8.01. The van der Waals surface area contributed by atoms with E-state index in [0.717, 1.165) is 37.1 Å². The number of likely N-dealkylation sites (N-methyl/N-ethyl adjacent to an activating group) is 2. The van der Waals surface area contributed by atoms with Crippen molar-refractivity contribution in [2.24, 2.45) is 0 Å². The third-order valence-corrected chi connectivity index (χ3v) is 2.90. The molecule has 0 rings (SSSR count). The molecule has 1 atom stereocenters. The van der Waals surface area contributed by atoms with E-state index in [1.165, 1.54) is 0 Å². The van der Waals surface area contributed by atoms with E-state index in [0.29, 0.717) is 6.54 Å². The molecule has 0 aliphatic rings. The van der Waals surface area contributed by atoms with Gasteiger partial charge in [0.05, 0.1) is 33.3 Å². The minimum absolute atomic E-state index is 0.197. The summed E-state index contributed by atoms with van der Waals surface area (Å²) in [5, 5.41) is 12.7. The van der Waals surface area contributed by atoms with Gasteiger partial charge in [-0.25, -0.2) is 0 Å². The fraction of sp³-hybridized carbons (Fsp3) is 1.00. The number of hydrogen-bond donors (Lipinski definition) is 2. The van der Waals surface area contributed by atoms with Gasteiger partial charge in [-0.3, -0.25) is 0 Å². The molecule has 0 aromatic heterocycles. The Labute approximate surface area is 101 Å².